The van der Waals surface area contributed by atoms with Crippen LogP contribution in [0.15, 0.2) is 5.38 Å². The van der Waals surface area contributed by atoms with Crippen molar-refractivity contribution >= 4 is 28.9 Å². The molecule has 0 N–H and O–H groups in total. The maximum Gasteiger partial charge on any atom is 0.302 e. The molecule has 1 aromatic rings. The van der Waals surface area contributed by atoms with Gasteiger partial charge in [0.05, 0.1) is 12.3 Å². The Kier molecular flexibility index (Phi) is 3.49. The molecule has 1 aromatic heterocycles. The van der Waals surface area contributed by atoms with Gasteiger partial charge in [-0.3, -0.25) is 4.79 Å². The summed E-state index contributed by atoms with van der Waals surface area (Å²) in [6.45, 7) is 1.75. The maximum absolute atomic E-state index is 10.4. The average Bonchev–Trinajstić information content (AvgIpc) is 2.35. The van der Waals surface area contributed by atoms with E-state index in [1.165, 1.54) is 18.3 Å². The highest BCUT2D eigenvalue weighted by Gasteiger charge is 2.00. The number of carbonyl (C=O) groups is 1. The predicted molar refractivity (Wildman–Crippen MR) is 47.5 cm³/mol. The second kappa shape index (κ2) is 4.42. The number of hydrogen-bond donors (Lipinski definition) is 0. The molecule has 0 bridgehead atoms. The van der Waals surface area contributed by atoms with Crippen LogP contribution in [-0.2, 0) is 16.0 Å². The van der Waals surface area contributed by atoms with Gasteiger partial charge in [0, 0.05) is 18.7 Å². The molecule has 12 heavy (non-hydrogen) atoms. The fraction of sp³-hybridized carbons (Fsp3) is 0.429. The van der Waals surface area contributed by atoms with Crippen molar-refractivity contribution in [2.75, 3.05) is 6.61 Å². The van der Waals surface area contributed by atoms with Crippen LogP contribution in [0.25, 0.3) is 0 Å². The molecule has 0 aliphatic carbocycles. The third kappa shape index (κ3) is 3.19. The van der Waals surface area contributed by atoms with E-state index in [2.05, 4.69) is 4.98 Å². The molecule has 0 spiro atoms. The lowest BCUT2D eigenvalue weighted by Crippen LogP contribution is -2.03. The first-order valence-electron chi connectivity index (χ1n) is 3.42. The second-order valence-corrected chi connectivity index (χ2v) is 3.62. The van der Waals surface area contributed by atoms with Crippen molar-refractivity contribution in [1.82, 2.24) is 4.98 Å². The van der Waals surface area contributed by atoms with Gasteiger partial charge in [0.25, 0.3) is 0 Å². The number of esters is 1. The van der Waals surface area contributed by atoms with Gasteiger partial charge in [-0.25, -0.2) is 4.98 Å². The molecule has 0 fully saturated rings. The van der Waals surface area contributed by atoms with Crippen molar-refractivity contribution in [2.24, 2.45) is 0 Å². The molecule has 0 aliphatic heterocycles. The predicted octanol–water partition coefficient (Wildman–Crippen LogP) is 1.90. The summed E-state index contributed by atoms with van der Waals surface area (Å²) in [7, 11) is 0. The topological polar surface area (TPSA) is 39.2 Å². The van der Waals surface area contributed by atoms with Crippen LogP contribution in [0.1, 0.15) is 12.6 Å². The molecule has 0 aromatic carbocycles. The van der Waals surface area contributed by atoms with Crippen molar-refractivity contribution in [3.63, 3.8) is 0 Å². The van der Waals surface area contributed by atoms with Crippen molar-refractivity contribution < 1.29 is 9.53 Å². The van der Waals surface area contributed by atoms with E-state index in [0.29, 0.717) is 17.5 Å². The van der Waals surface area contributed by atoms with Crippen LogP contribution in [0.3, 0.4) is 0 Å². The summed E-state index contributed by atoms with van der Waals surface area (Å²) in [5.74, 6) is -0.267. The number of halogens is 1. The van der Waals surface area contributed by atoms with Crippen LogP contribution in [0, 0.1) is 0 Å². The molecule has 0 atom stereocenters. The van der Waals surface area contributed by atoms with Gasteiger partial charge < -0.3 is 4.74 Å². The Hall–Kier alpha value is -0.610. The van der Waals surface area contributed by atoms with E-state index in [-0.39, 0.29) is 5.97 Å². The molecule has 1 heterocycles. The van der Waals surface area contributed by atoms with Crippen LogP contribution in [-0.4, -0.2) is 17.6 Å². The minimum atomic E-state index is -0.267. The van der Waals surface area contributed by atoms with Crippen molar-refractivity contribution in [3.8, 4) is 0 Å². The number of ether oxygens (including phenoxy) is 1. The zero-order chi connectivity index (χ0) is 8.97. The van der Waals surface area contributed by atoms with Gasteiger partial charge in [0.1, 0.15) is 0 Å². The van der Waals surface area contributed by atoms with E-state index in [9.17, 15) is 4.79 Å². The Morgan fingerprint density at radius 1 is 1.83 bits per heavy atom. The first-order chi connectivity index (χ1) is 5.68. The van der Waals surface area contributed by atoms with E-state index in [4.69, 9.17) is 16.3 Å². The quantitative estimate of drug-likeness (QED) is 0.708. The van der Waals surface area contributed by atoms with Crippen molar-refractivity contribution in [2.45, 2.75) is 13.3 Å². The van der Waals surface area contributed by atoms with Crippen LogP contribution < -0.4 is 0 Å². The van der Waals surface area contributed by atoms with E-state index < -0.39 is 0 Å². The summed E-state index contributed by atoms with van der Waals surface area (Å²) in [4.78, 5) is 14.4. The highest BCUT2D eigenvalue weighted by atomic mass is 35.5. The standard InChI is InChI=1S/C7H8ClNO2S/c1-5(10)11-3-2-6-4-12-7(8)9-6/h4H,2-3H2,1H3. The molecular weight excluding hydrogens is 198 g/mol. The molecule has 0 saturated heterocycles. The summed E-state index contributed by atoms with van der Waals surface area (Å²) < 4.78 is 5.26. The fourth-order valence-corrected chi connectivity index (χ4v) is 1.51. The summed E-state index contributed by atoms with van der Waals surface area (Å²) >= 11 is 6.98. The van der Waals surface area contributed by atoms with Crippen LogP contribution >= 0.6 is 22.9 Å². The molecule has 66 valence electrons. The van der Waals surface area contributed by atoms with Gasteiger partial charge in [-0.05, 0) is 0 Å². The Balaban J connectivity index is 2.29. The average molecular weight is 206 g/mol. The minimum Gasteiger partial charge on any atom is -0.465 e. The lowest BCUT2D eigenvalue weighted by Gasteiger charge is -1.97. The zero-order valence-corrected chi connectivity index (χ0v) is 8.11. The molecule has 1 rings (SSSR count). The van der Waals surface area contributed by atoms with E-state index in [1.807, 2.05) is 5.38 Å². The smallest absolute Gasteiger partial charge is 0.302 e. The number of rotatable bonds is 3. The van der Waals surface area contributed by atoms with Crippen molar-refractivity contribution in [1.29, 1.82) is 0 Å². The Labute approximate surface area is 79.3 Å². The van der Waals surface area contributed by atoms with Gasteiger partial charge in [-0.2, -0.15) is 0 Å². The largest absolute Gasteiger partial charge is 0.465 e. The Bertz CT molecular complexity index is 274. The first-order valence-corrected chi connectivity index (χ1v) is 4.67. The molecule has 0 saturated carbocycles. The van der Waals surface area contributed by atoms with Crippen LogP contribution in [0.5, 0.6) is 0 Å². The number of carbonyl (C=O) groups excluding carboxylic acids is 1. The monoisotopic (exact) mass is 205 g/mol. The molecule has 0 aliphatic rings. The van der Waals surface area contributed by atoms with Gasteiger partial charge in [0.15, 0.2) is 4.47 Å². The second-order valence-electron chi connectivity index (χ2n) is 2.18. The fourth-order valence-electron chi connectivity index (χ4n) is 0.696. The molecule has 3 nitrogen and oxygen atoms in total. The van der Waals surface area contributed by atoms with Crippen LogP contribution in [0.4, 0.5) is 0 Å². The lowest BCUT2D eigenvalue weighted by molar-refractivity contribution is -0.140. The van der Waals surface area contributed by atoms with Gasteiger partial charge >= 0.3 is 5.97 Å². The Morgan fingerprint density at radius 3 is 3.08 bits per heavy atom. The van der Waals surface area contributed by atoms with E-state index in [1.54, 1.807) is 0 Å². The normalized spacial score (nSPS) is 9.83. The maximum atomic E-state index is 10.4. The third-order valence-corrected chi connectivity index (χ3v) is 2.21. The molecule has 0 unspecified atom stereocenters. The highest BCUT2D eigenvalue weighted by molar-refractivity contribution is 7.13. The SMILES string of the molecule is CC(=O)OCCc1csc(Cl)n1. The number of hydrogen-bond acceptors (Lipinski definition) is 4. The van der Waals surface area contributed by atoms with Crippen molar-refractivity contribution in [3.05, 3.63) is 15.5 Å². The van der Waals surface area contributed by atoms with E-state index >= 15 is 0 Å². The molecule has 0 radical (unpaired) electrons. The van der Waals surface area contributed by atoms with Gasteiger partial charge in [-0.15, -0.1) is 11.3 Å². The van der Waals surface area contributed by atoms with Gasteiger partial charge in [-0.1, -0.05) is 11.6 Å². The highest BCUT2D eigenvalue weighted by Crippen LogP contribution is 2.15. The molecular formula is C7H8ClNO2S. The molecule has 0 amide bonds. The minimum absolute atomic E-state index is 0.267. The number of aromatic nitrogens is 1. The number of thiazole rings is 1. The number of nitrogens with zero attached hydrogens (tertiary/aromatic N) is 1. The summed E-state index contributed by atoms with van der Waals surface area (Å²) in [6, 6.07) is 0. The Morgan fingerprint density at radius 2 is 2.58 bits per heavy atom. The van der Waals surface area contributed by atoms with E-state index in [0.717, 1.165) is 5.69 Å². The third-order valence-electron chi connectivity index (χ3n) is 1.19. The van der Waals surface area contributed by atoms with Gasteiger partial charge in [0.2, 0.25) is 0 Å². The molecule has 5 heteroatoms. The lowest BCUT2D eigenvalue weighted by atomic mass is 10.4. The van der Waals surface area contributed by atoms with Crippen LogP contribution in [0.2, 0.25) is 4.47 Å². The summed E-state index contributed by atoms with van der Waals surface area (Å²) in [5, 5.41) is 1.85. The first kappa shape index (κ1) is 9.48. The summed E-state index contributed by atoms with van der Waals surface area (Å²) in [6.07, 6.45) is 0.628. The summed E-state index contributed by atoms with van der Waals surface area (Å²) in [5.41, 5.74) is 0.867. The zero-order valence-electron chi connectivity index (χ0n) is 6.54.